The summed E-state index contributed by atoms with van der Waals surface area (Å²) in [5.41, 5.74) is -1.06. The van der Waals surface area contributed by atoms with Crippen molar-refractivity contribution in [2.75, 3.05) is 20.3 Å². The second kappa shape index (κ2) is 12.9. The van der Waals surface area contributed by atoms with Gasteiger partial charge in [0.2, 0.25) is 12.0 Å². The third kappa shape index (κ3) is 5.98. The molecule has 3 aromatic rings. The lowest BCUT2D eigenvalue weighted by atomic mass is 9.97. The number of phenols is 3. The molecule has 0 unspecified atom stereocenters. The van der Waals surface area contributed by atoms with Gasteiger partial charge in [0.05, 0.1) is 20.3 Å². The Morgan fingerprint density at radius 2 is 1.40 bits per heavy atom. The van der Waals surface area contributed by atoms with E-state index in [9.17, 15) is 55.9 Å². The molecule has 45 heavy (non-hydrogen) atoms. The Bertz CT molecular complexity index is 1570. The van der Waals surface area contributed by atoms with Crippen LogP contribution in [-0.4, -0.2) is 133 Å². The predicted octanol–water partition coefficient (Wildman–Crippen LogP) is -2.41. The van der Waals surface area contributed by atoms with Crippen LogP contribution in [0.25, 0.3) is 22.3 Å². The van der Waals surface area contributed by atoms with Crippen LogP contribution in [-0.2, 0) is 14.2 Å². The van der Waals surface area contributed by atoms with Crippen molar-refractivity contribution in [1.29, 1.82) is 0 Å². The van der Waals surface area contributed by atoms with Gasteiger partial charge in [0.15, 0.2) is 40.7 Å². The highest BCUT2D eigenvalue weighted by atomic mass is 16.8. The number of hydrogen-bond acceptors (Lipinski definition) is 17. The lowest BCUT2D eigenvalue weighted by Gasteiger charge is -2.45. The number of hydrogen-bond donors (Lipinski definition) is 10. The van der Waals surface area contributed by atoms with E-state index in [2.05, 4.69) is 0 Å². The molecule has 2 saturated heterocycles. The minimum absolute atomic E-state index is 0.0541. The zero-order valence-electron chi connectivity index (χ0n) is 23.4. The highest BCUT2D eigenvalue weighted by Gasteiger charge is 2.51. The molecule has 3 heterocycles. The maximum atomic E-state index is 13.0. The molecule has 1 aromatic heterocycles. The van der Waals surface area contributed by atoms with E-state index in [4.69, 9.17) is 28.1 Å². The molecule has 246 valence electrons. The van der Waals surface area contributed by atoms with Crippen molar-refractivity contribution in [3.63, 3.8) is 0 Å². The van der Waals surface area contributed by atoms with Gasteiger partial charge in [-0.25, -0.2) is 0 Å². The molecule has 10 atom stereocenters. The van der Waals surface area contributed by atoms with Gasteiger partial charge in [-0.2, -0.15) is 0 Å². The number of rotatable bonds is 8. The Morgan fingerprint density at radius 1 is 0.756 bits per heavy atom. The Morgan fingerprint density at radius 3 is 2.04 bits per heavy atom. The lowest BCUT2D eigenvalue weighted by Crippen LogP contribution is -2.65. The summed E-state index contributed by atoms with van der Waals surface area (Å²) in [7, 11) is 1.31. The fourth-order valence-electron chi connectivity index (χ4n) is 5.10. The van der Waals surface area contributed by atoms with Gasteiger partial charge in [0.25, 0.3) is 0 Å². The van der Waals surface area contributed by atoms with Gasteiger partial charge in [0, 0.05) is 17.7 Å². The second-order valence-corrected chi connectivity index (χ2v) is 10.4. The SMILES string of the molecule is COc1cc(-c2cc(=O)c3c(O)cc(O[C@H]4O[C@@H](CO)[C@H](O)[C@H](O)[C@@H]4O[C@H]4O[C@H](CO)[C@H](O)[C@@H](O)[C@@H]4O)c(O)c3o2)ccc1O. The summed E-state index contributed by atoms with van der Waals surface area (Å²) in [6.45, 7) is -1.62. The molecule has 17 nitrogen and oxygen atoms in total. The first-order chi connectivity index (χ1) is 21.4. The van der Waals surface area contributed by atoms with E-state index >= 15 is 0 Å². The molecule has 2 aliphatic heterocycles. The van der Waals surface area contributed by atoms with Crippen LogP contribution >= 0.6 is 0 Å². The van der Waals surface area contributed by atoms with Gasteiger partial charge < -0.3 is 79.2 Å². The summed E-state index contributed by atoms with van der Waals surface area (Å²) in [4.78, 5) is 13.0. The average molecular weight is 641 g/mol. The molecule has 0 radical (unpaired) electrons. The minimum Gasteiger partial charge on any atom is -0.507 e. The van der Waals surface area contributed by atoms with Crippen LogP contribution in [0, 0.1) is 0 Å². The third-order valence-electron chi connectivity index (χ3n) is 7.59. The number of benzene rings is 2. The molecule has 17 heteroatoms. The van der Waals surface area contributed by atoms with Gasteiger partial charge in [-0.15, -0.1) is 0 Å². The Hall–Kier alpha value is -3.75. The summed E-state index contributed by atoms with van der Waals surface area (Å²) in [5, 5.41) is 102. The Labute approximate surface area is 252 Å². The number of aromatic hydroxyl groups is 3. The summed E-state index contributed by atoms with van der Waals surface area (Å²) in [6.07, 6.45) is -17.5. The predicted molar refractivity (Wildman–Crippen MR) is 146 cm³/mol. The van der Waals surface area contributed by atoms with Crippen LogP contribution in [0.1, 0.15) is 0 Å². The van der Waals surface area contributed by atoms with Crippen LogP contribution in [0.4, 0.5) is 0 Å². The van der Waals surface area contributed by atoms with Crippen LogP contribution in [0.3, 0.4) is 0 Å². The highest BCUT2D eigenvalue weighted by Crippen LogP contribution is 2.42. The fraction of sp³-hybridized carbons (Fsp3) is 0.464. The minimum atomic E-state index is -1.92. The van der Waals surface area contributed by atoms with Crippen molar-refractivity contribution in [3.8, 4) is 40.1 Å². The van der Waals surface area contributed by atoms with Crippen molar-refractivity contribution in [1.82, 2.24) is 0 Å². The summed E-state index contributed by atoms with van der Waals surface area (Å²) in [6, 6.07) is 5.90. The number of phenolic OH excluding ortho intramolecular Hbond substituents is 3. The van der Waals surface area contributed by atoms with Crippen molar-refractivity contribution < 1.29 is 79.2 Å². The monoisotopic (exact) mass is 640 g/mol. The van der Waals surface area contributed by atoms with Gasteiger partial charge in [-0.05, 0) is 18.2 Å². The van der Waals surface area contributed by atoms with E-state index in [-0.39, 0.29) is 22.8 Å². The summed E-state index contributed by atoms with van der Waals surface area (Å²) >= 11 is 0. The van der Waals surface area contributed by atoms with Gasteiger partial charge in [-0.3, -0.25) is 4.79 Å². The van der Waals surface area contributed by atoms with E-state index in [1.807, 2.05) is 0 Å². The molecule has 5 rings (SSSR count). The first-order valence-electron chi connectivity index (χ1n) is 13.5. The largest absolute Gasteiger partial charge is 0.507 e. The summed E-state index contributed by atoms with van der Waals surface area (Å²) < 4.78 is 33.0. The van der Waals surface area contributed by atoms with Crippen molar-refractivity contribution >= 4 is 11.0 Å². The topological polar surface area (TPSA) is 279 Å². The fourth-order valence-corrected chi connectivity index (χ4v) is 5.10. The van der Waals surface area contributed by atoms with E-state index in [1.165, 1.54) is 25.3 Å². The zero-order valence-corrected chi connectivity index (χ0v) is 23.4. The van der Waals surface area contributed by atoms with Gasteiger partial charge >= 0.3 is 0 Å². The van der Waals surface area contributed by atoms with Crippen LogP contribution in [0.5, 0.6) is 28.7 Å². The van der Waals surface area contributed by atoms with E-state index < -0.39 is 108 Å². The molecule has 10 N–H and O–H groups in total. The molecular weight excluding hydrogens is 608 g/mol. The summed E-state index contributed by atoms with van der Waals surface area (Å²) in [5.74, 6) is -2.36. The van der Waals surface area contributed by atoms with Crippen molar-refractivity contribution in [2.45, 2.75) is 61.4 Å². The maximum absolute atomic E-state index is 13.0. The Kier molecular flexibility index (Phi) is 9.38. The van der Waals surface area contributed by atoms with Crippen LogP contribution in [0.2, 0.25) is 0 Å². The lowest BCUT2D eigenvalue weighted by molar-refractivity contribution is -0.358. The number of fused-ring (bicyclic) bond motifs is 1. The van der Waals surface area contributed by atoms with Crippen molar-refractivity contribution in [3.05, 3.63) is 40.6 Å². The number of ether oxygens (including phenoxy) is 5. The molecule has 0 amide bonds. The molecule has 0 aliphatic carbocycles. The molecule has 0 spiro atoms. The quantitative estimate of drug-likeness (QED) is 0.115. The zero-order chi connectivity index (χ0) is 32.7. The first kappa shape index (κ1) is 32.6. The van der Waals surface area contributed by atoms with E-state index in [0.29, 0.717) is 0 Å². The first-order valence-corrected chi connectivity index (χ1v) is 13.5. The highest BCUT2D eigenvalue weighted by molar-refractivity contribution is 5.91. The van der Waals surface area contributed by atoms with E-state index in [0.717, 1.165) is 12.1 Å². The molecular formula is C28H32O17. The van der Waals surface area contributed by atoms with E-state index in [1.54, 1.807) is 0 Å². The normalized spacial score (nSPS) is 32.0. The molecule has 2 aliphatic rings. The van der Waals surface area contributed by atoms with Gasteiger partial charge in [0.1, 0.15) is 59.6 Å². The standard InChI is InChI=1S/C28H32O17/c1-40-14-4-9(2-3-10(14)31)13-5-11(32)18-12(33)6-15(21(36)25(18)41-13)42-28-26(23(38)20(35)17(8-30)44-28)45-27-24(39)22(37)19(34)16(7-29)43-27/h2-6,16-17,19-20,22-24,26-31,33-39H,7-8H2,1H3/t16-,17+,19+,20+,22-,23+,24+,26+,27-,28+/m1/s1. The average Bonchev–Trinajstić information content (AvgIpc) is 3.02. The maximum Gasteiger partial charge on any atom is 0.229 e. The smallest absolute Gasteiger partial charge is 0.229 e. The van der Waals surface area contributed by atoms with Crippen molar-refractivity contribution in [2.24, 2.45) is 0 Å². The number of aliphatic hydroxyl groups excluding tert-OH is 7. The number of methoxy groups -OCH3 is 1. The number of aliphatic hydroxyl groups is 7. The molecule has 0 bridgehead atoms. The molecule has 2 fully saturated rings. The van der Waals surface area contributed by atoms with Gasteiger partial charge in [-0.1, -0.05) is 0 Å². The molecule has 2 aromatic carbocycles. The third-order valence-corrected chi connectivity index (χ3v) is 7.59. The molecule has 0 saturated carbocycles. The second-order valence-electron chi connectivity index (χ2n) is 10.4. The Balaban J connectivity index is 1.52. The van der Waals surface area contributed by atoms with Crippen LogP contribution < -0.4 is 14.9 Å². The van der Waals surface area contributed by atoms with Crippen LogP contribution in [0.15, 0.2) is 39.5 Å².